The molecule has 0 saturated heterocycles. The predicted octanol–water partition coefficient (Wildman–Crippen LogP) is 1.45. The fourth-order valence-corrected chi connectivity index (χ4v) is 1.61. The van der Waals surface area contributed by atoms with Gasteiger partial charge in [0.05, 0.1) is 0 Å². The van der Waals surface area contributed by atoms with Gasteiger partial charge in [-0.05, 0) is 26.2 Å². The van der Waals surface area contributed by atoms with E-state index in [4.69, 9.17) is 10.9 Å². The Bertz CT molecular complexity index is 260. The molecule has 0 aliphatic heterocycles. The Morgan fingerprint density at radius 2 is 1.94 bits per heavy atom. The van der Waals surface area contributed by atoms with E-state index in [9.17, 15) is 4.79 Å². The van der Waals surface area contributed by atoms with Crippen molar-refractivity contribution < 1.29 is 10.0 Å². The third-order valence-electron chi connectivity index (χ3n) is 3.23. The van der Waals surface area contributed by atoms with Crippen molar-refractivity contribution in [3.63, 3.8) is 0 Å². The second-order valence-electron chi connectivity index (χ2n) is 4.06. The van der Waals surface area contributed by atoms with Crippen LogP contribution in [0.5, 0.6) is 0 Å². The van der Waals surface area contributed by atoms with Crippen molar-refractivity contribution in [3.05, 3.63) is 0 Å². The van der Waals surface area contributed by atoms with Gasteiger partial charge < -0.3 is 16.3 Å². The van der Waals surface area contributed by atoms with Gasteiger partial charge in [0.15, 0.2) is 5.84 Å². The number of amides is 1. The van der Waals surface area contributed by atoms with Crippen molar-refractivity contribution in [2.24, 2.45) is 16.3 Å². The maximum Gasteiger partial charge on any atom is 0.234 e. The fraction of sp³-hybridized carbons (Fsp3) is 0.818. The number of oxime groups is 1. The number of nitrogens with one attached hydrogen (secondary N) is 1. The lowest BCUT2D eigenvalue weighted by Gasteiger charge is -2.30. The van der Waals surface area contributed by atoms with E-state index in [2.05, 4.69) is 10.5 Å². The van der Waals surface area contributed by atoms with Crippen LogP contribution in [0, 0.1) is 5.41 Å². The second-order valence-corrected chi connectivity index (χ2v) is 4.06. The standard InChI is InChI=1S/C11H23N3O2/c1-5-8(4)13-10(15)11(6-2,7-3)9(12)14-16/h8,16H,5-7H2,1-4H3,(H2,12,14)(H,13,15). The highest BCUT2D eigenvalue weighted by atomic mass is 16.4. The van der Waals surface area contributed by atoms with E-state index in [1.807, 2.05) is 27.7 Å². The summed E-state index contributed by atoms with van der Waals surface area (Å²) in [6.07, 6.45) is 1.88. The van der Waals surface area contributed by atoms with Crippen LogP contribution < -0.4 is 11.1 Å². The lowest BCUT2D eigenvalue weighted by atomic mass is 9.80. The molecule has 0 aliphatic carbocycles. The van der Waals surface area contributed by atoms with Crippen molar-refractivity contribution in [1.29, 1.82) is 0 Å². The van der Waals surface area contributed by atoms with Crippen LogP contribution in [0.1, 0.15) is 47.0 Å². The van der Waals surface area contributed by atoms with E-state index < -0.39 is 5.41 Å². The maximum atomic E-state index is 12.1. The molecule has 5 nitrogen and oxygen atoms in total. The summed E-state index contributed by atoms with van der Waals surface area (Å²) in [5.41, 5.74) is 4.74. The van der Waals surface area contributed by atoms with Crippen molar-refractivity contribution in [2.75, 3.05) is 0 Å². The predicted molar refractivity (Wildman–Crippen MR) is 64.3 cm³/mol. The number of rotatable bonds is 6. The Balaban J connectivity index is 4.98. The van der Waals surface area contributed by atoms with Gasteiger partial charge in [-0.25, -0.2) is 0 Å². The SMILES string of the molecule is CCC(C)NC(=O)C(CC)(CC)C(N)=NO. The molecule has 5 heteroatoms. The van der Waals surface area contributed by atoms with Crippen LogP contribution in [0.3, 0.4) is 0 Å². The first kappa shape index (κ1) is 14.7. The molecule has 0 aromatic heterocycles. The molecule has 0 spiro atoms. The van der Waals surface area contributed by atoms with E-state index in [0.29, 0.717) is 12.8 Å². The number of carbonyl (C=O) groups is 1. The minimum atomic E-state index is -0.891. The molecular formula is C11H23N3O2. The molecule has 0 radical (unpaired) electrons. The zero-order valence-electron chi connectivity index (χ0n) is 10.6. The summed E-state index contributed by atoms with van der Waals surface area (Å²) in [6, 6.07) is 0.0940. The van der Waals surface area contributed by atoms with E-state index in [1.165, 1.54) is 0 Å². The van der Waals surface area contributed by atoms with E-state index in [-0.39, 0.29) is 17.8 Å². The zero-order valence-corrected chi connectivity index (χ0v) is 10.6. The molecule has 16 heavy (non-hydrogen) atoms. The van der Waals surface area contributed by atoms with Gasteiger partial charge in [-0.3, -0.25) is 4.79 Å². The first-order valence-corrected chi connectivity index (χ1v) is 5.77. The quantitative estimate of drug-likeness (QED) is 0.279. The van der Waals surface area contributed by atoms with Gasteiger partial charge in [0.1, 0.15) is 5.41 Å². The molecule has 0 aromatic rings. The Morgan fingerprint density at radius 3 is 2.25 bits per heavy atom. The van der Waals surface area contributed by atoms with Gasteiger partial charge in [0, 0.05) is 6.04 Å². The third kappa shape index (κ3) is 2.87. The topological polar surface area (TPSA) is 87.7 Å². The largest absolute Gasteiger partial charge is 0.409 e. The number of hydrogen-bond acceptors (Lipinski definition) is 3. The molecule has 0 rings (SSSR count). The van der Waals surface area contributed by atoms with E-state index in [0.717, 1.165) is 6.42 Å². The van der Waals surface area contributed by atoms with Crippen LogP contribution in [0.4, 0.5) is 0 Å². The van der Waals surface area contributed by atoms with Crippen LogP contribution >= 0.6 is 0 Å². The average molecular weight is 229 g/mol. The Kier molecular flexibility index (Phi) is 5.85. The summed E-state index contributed by atoms with van der Waals surface area (Å²) in [5, 5.41) is 14.6. The van der Waals surface area contributed by atoms with Crippen LogP contribution in [-0.4, -0.2) is 23.0 Å². The van der Waals surface area contributed by atoms with Crippen molar-refractivity contribution >= 4 is 11.7 Å². The van der Waals surface area contributed by atoms with Crippen LogP contribution in [0.15, 0.2) is 5.16 Å². The Labute approximate surface area is 97.1 Å². The Morgan fingerprint density at radius 1 is 1.44 bits per heavy atom. The van der Waals surface area contributed by atoms with Crippen molar-refractivity contribution in [1.82, 2.24) is 5.32 Å². The fourth-order valence-electron chi connectivity index (χ4n) is 1.61. The molecule has 1 amide bonds. The molecule has 0 aliphatic rings. The summed E-state index contributed by atoms with van der Waals surface area (Å²) in [7, 11) is 0. The molecule has 0 heterocycles. The summed E-state index contributed by atoms with van der Waals surface area (Å²) in [5.74, 6) is -0.180. The van der Waals surface area contributed by atoms with E-state index in [1.54, 1.807) is 0 Å². The first-order chi connectivity index (χ1) is 7.48. The first-order valence-electron chi connectivity index (χ1n) is 5.77. The van der Waals surface area contributed by atoms with E-state index >= 15 is 0 Å². The molecule has 0 fully saturated rings. The molecular weight excluding hydrogens is 206 g/mol. The molecule has 4 N–H and O–H groups in total. The highest BCUT2D eigenvalue weighted by Gasteiger charge is 2.39. The second kappa shape index (κ2) is 6.35. The number of hydrogen-bond donors (Lipinski definition) is 3. The Hall–Kier alpha value is -1.26. The average Bonchev–Trinajstić information content (AvgIpc) is 2.30. The van der Waals surface area contributed by atoms with Gasteiger partial charge >= 0.3 is 0 Å². The molecule has 0 bridgehead atoms. The zero-order chi connectivity index (χ0) is 12.8. The summed E-state index contributed by atoms with van der Waals surface area (Å²) >= 11 is 0. The molecule has 0 aromatic carbocycles. The van der Waals surface area contributed by atoms with Gasteiger partial charge in [-0.1, -0.05) is 25.9 Å². The normalized spacial score (nSPS) is 14.6. The van der Waals surface area contributed by atoms with Gasteiger partial charge in [0.25, 0.3) is 0 Å². The molecule has 0 saturated carbocycles. The van der Waals surface area contributed by atoms with Crippen molar-refractivity contribution in [2.45, 2.75) is 53.0 Å². The number of carbonyl (C=O) groups excluding carboxylic acids is 1. The highest BCUT2D eigenvalue weighted by Crippen LogP contribution is 2.27. The number of nitrogens with zero attached hydrogens (tertiary/aromatic N) is 1. The monoisotopic (exact) mass is 229 g/mol. The third-order valence-corrected chi connectivity index (χ3v) is 3.23. The van der Waals surface area contributed by atoms with Gasteiger partial charge in [-0.15, -0.1) is 0 Å². The maximum absolute atomic E-state index is 12.1. The van der Waals surface area contributed by atoms with Crippen LogP contribution in [0.25, 0.3) is 0 Å². The number of nitrogens with two attached hydrogens (primary N) is 1. The summed E-state index contributed by atoms with van der Waals surface area (Å²) < 4.78 is 0. The minimum absolute atomic E-state index is 0.0155. The molecule has 94 valence electrons. The summed E-state index contributed by atoms with van der Waals surface area (Å²) in [6.45, 7) is 7.64. The van der Waals surface area contributed by atoms with Gasteiger partial charge in [-0.2, -0.15) is 0 Å². The molecule has 1 unspecified atom stereocenters. The van der Waals surface area contributed by atoms with Crippen LogP contribution in [0.2, 0.25) is 0 Å². The highest BCUT2D eigenvalue weighted by molar-refractivity contribution is 6.06. The van der Waals surface area contributed by atoms with Crippen LogP contribution in [-0.2, 0) is 4.79 Å². The minimum Gasteiger partial charge on any atom is -0.409 e. The summed E-state index contributed by atoms with van der Waals surface area (Å²) in [4.78, 5) is 12.1. The van der Waals surface area contributed by atoms with Crippen molar-refractivity contribution in [3.8, 4) is 0 Å². The number of amidine groups is 1. The smallest absolute Gasteiger partial charge is 0.234 e. The lowest BCUT2D eigenvalue weighted by Crippen LogP contribution is -2.51. The lowest BCUT2D eigenvalue weighted by molar-refractivity contribution is -0.128. The molecule has 1 atom stereocenters. The van der Waals surface area contributed by atoms with Gasteiger partial charge in [0.2, 0.25) is 5.91 Å².